The molecule has 3 aliphatic rings. The van der Waals surface area contributed by atoms with Gasteiger partial charge in [-0.2, -0.15) is 0 Å². The molecule has 1 saturated heterocycles. The molecule has 0 unspecified atom stereocenters. The number of piperidine rings is 1. The second-order valence-electron chi connectivity index (χ2n) is 7.96. The maximum atomic E-state index is 12.7. The molecule has 2 saturated carbocycles. The third-order valence-corrected chi connectivity index (χ3v) is 6.54. The van der Waals surface area contributed by atoms with Gasteiger partial charge in [0.05, 0.1) is 6.20 Å². The van der Waals surface area contributed by atoms with Crippen molar-refractivity contribution in [3.8, 4) is 0 Å². The van der Waals surface area contributed by atoms with Crippen molar-refractivity contribution < 1.29 is 4.79 Å². The van der Waals surface area contributed by atoms with E-state index >= 15 is 0 Å². The number of nitrogens with one attached hydrogen (secondary N) is 1. The van der Waals surface area contributed by atoms with Crippen LogP contribution in [0.1, 0.15) is 45.4 Å². The Morgan fingerprint density at radius 2 is 2.04 bits per heavy atom. The SMILES string of the molecule is C[C@@H](NC(=O)C1CCN(c2cnccn2)CC1)[C@@H]1C[C@H]2CC[C@H]1C2. The number of rotatable bonds is 4. The lowest BCUT2D eigenvalue weighted by Crippen LogP contribution is -2.46. The maximum Gasteiger partial charge on any atom is 0.223 e. The Morgan fingerprint density at radius 1 is 1.21 bits per heavy atom. The van der Waals surface area contributed by atoms with E-state index in [9.17, 15) is 4.79 Å². The zero-order valence-corrected chi connectivity index (χ0v) is 14.5. The van der Waals surface area contributed by atoms with Crippen molar-refractivity contribution in [2.45, 2.75) is 51.5 Å². The number of nitrogens with zero attached hydrogens (tertiary/aromatic N) is 3. The molecule has 1 aromatic rings. The first-order valence-corrected chi connectivity index (χ1v) is 9.52. The standard InChI is InChI=1S/C19H28N4O/c1-13(17-11-14-2-3-16(17)10-14)22-19(24)15-4-8-23(9-5-15)18-12-20-6-7-21-18/h6-7,12-17H,2-5,8-11H2,1H3,(H,22,24)/t13-,14+,16+,17+/m1/s1. The van der Waals surface area contributed by atoms with Gasteiger partial charge >= 0.3 is 0 Å². The third kappa shape index (κ3) is 3.13. The fourth-order valence-electron chi connectivity index (χ4n) is 5.18. The molecule has 2 heterocycles. The van der Waals surface area contributed by atoms with Crippen LogP contribution in [0.2, 0.25) is 0 Å². The summed E-state index contributed by atoms with van der Waals surface area (Å²) in [6, 6.07) is 0.339. The Kier molecular flexibility index (Phi) is 4.42. The van der Waals surface area contributed by atoms with Gasteiger partial charge in [-0.1, -0.05) is 6.42 Å². The minimum atomic E-state index is 0.152. The predicted molar refractivity (Wildman–Crippen MR) is 93.5 cm³/mol. The highest BCUT2D eigenvalue weighted by Gasteiger charge is 2.42. The number of aromatic nitrogens is 2. The Hall–Kier alpha value is -1.65. The van der Waals surface area contributed by atoms with Crippen molar-refractivity contribution in [3.05, 3.63) is 18.6 Å². The van der Waals surface area contributed by atoms with Crippen LogP contribution in [-0.2, 0) is 4.79 Å². The van der Waals surface area contributed by atoms with E-state index in [0.29, 0.717) is 12.0 Å². The van der Waals surface area contributed by atoms with Crippen LogP contribution in [-0.4, -0.2) is 35.0 Å². The molecule has 0 spiro atoms. The summed E-state index contributed by atoms with van der Waals surface area (Å²) in [4.78, 5) is 23.4. The summed E-state index contributed by atoms with van der Waals surface area (Å²) in [5.41, 5.74) is 0. The summed E-state index contributed by atoms with van der Waals surface area (Å²) in [5, 5.41) is 3.35. The highest BCUT2D eigenvalue weighted by atomic mass is 16.1. The fraction of sp³-hybridized carbons (Fsp3) is 0.737. The molecule has 2 bridgehead atoms. The molecule has 4 atom stereocenters. The first-order chi connectivity index (χ1) is 11.7. The highest BCUT2D eigenvalue weighted by Crippen LogP contribution is 2.49. The summed E-state index contributed by atoms with van der Waals surface area (Å²) >= 11 is 0. The Morgan fingerprint density at radius 3 is 2.67 bits per heavy atom. The summed E-state index contributed by atoms with van der Waals surface area (Å²) < 4.78 is 0. The lowest BCUT2D eigenvalue weighted by Gasteiger charge is -2.34. The van der Waals surface area contributed by atoms with E-state index in [0.717, 1.165) is 43.6 Å². The minimum absolute atomic E-state index is 0.152. The van der Waals surface area contributed by atoms with Crippen LogP contribution in [0.5, 0.6) is 0 Å². The number of carbonyl (C=O) groups excluding carboxylic acids is 1. The summed E-state index contributed by atoms with van der Waals surface area (Å²) in [6.07, 6.45) is 12.6. The Bertz CT molecular complexity index is 570. The number of fused-ring (bicyclic) bond motifs is 2. The molecule has 130 valence electrons. The number of anilines is 1. The molecule has 4 rings (SSSR count). The van der Waals surface area contributed by atoms with Gasteiger partial charge in [0.15, 0.2) is 0 Å². The largest absolute Gasteiger partial charge is 0.355 e. The molecule has 24 heavy (non-hydrogen) atoms. The van der Waals surface area contributed by atoms with Crippen LogP contribution in [0.4, 0.5) is 5.82 Å². The normalized spacial score (nSPS) is 31.2. The molecule has 5 nitrogen and oxygen atoms in total. The first kappa shape index (κ1) is 15.9. The summed E-state index contributed by atoms with van der Waals surface area (Å²) in [5.74, 6) is 3.86. The first-order valence-electron chi connectivity index (χ1n) is 9.52. The Balaban J connectivity index is 1.27. The van der Waals surface area contributed by atoms with Crippen molar-refractivity contribution >= 4 is 11.7 Å². The Labute approximate surface area is 144 Å². The molecular formula is C19H28N4O. The van der Waals surface area contributed by atoms with Crippen molar-refractivity contribution in [2.75, 3.05) is 18.0 Å². The highest BCUT2D eigenvalue weighted by molar-refractivity contribution is 5.79. The minimum Gasteiger partial charge on any atom is -0.355 e. The van der Waals surface area contributed by atoms with Crippen molar-refractivity contribution in [1.82, 2.24) is 15.3 Å². The molecular weight excluding hydrogens is 300 g/mol. The van der Waals surface area contributed by atoms with Gasteiger partial charge in [0.1, 0.15) is 5.82 Å². The van der Waals surface area contributed by atoms with Crippen molar-refractivity contribution in [3.63, 3.8) is 0 Å². The molecule has 5 heteroatoms. The van der Waals surface area contributed by atoms with Crippen molar-refractivity contribution in [1.29, 1.82) is 0 Å². The van der Waals surface area contributed by atoms with Gasteiger partial charge in [0.2, 0.25) is 5.91 Å². The van der Waals surface area contributed by atoms with Gasteiger partial charge in [0, 0.05) is 37.4 Å². The van der Waals surface area contributed by atoms with Crippen LogP contribution >= 0.6 is 0 Å². The van der Waals surface area contributed by atoms with Crippen LogP contribution in [0.3, 0.4) is 0 Å². The quantitative estimate of drug-likeness (QED) is 0.923. The van der Waals surface area contributed by atoms with Gasteiger partial charge in [-0.05, 0) is 56.8 Å². The zero-order valence-electron chi connectivity index (χ0n) is 14.5. The fourth-order valence-corrected chi connectivity index (χ4v) is 5.18. The lowest BCUT2D eigenvalue weighted by molar-refractivity contribution is -0.126. The topological polar surface area (TPSA) is 58.1 Å². The van der Waals surface area contributed by atoms with E-state index < -0.39 is 0 Å². The average molecular weight is 328 g/mol. The molecule has 1 aliphatic heterocycles. The molecule has 0 radical (unpaired) electrons. The monoisotopic (exact) mass is 328 g/mol. The van der Waals surface area contributed by atoms with Gasteiger partial charge in [-0.3, -0.25) is 9.78 Å². The number of carbonyl (C=O) groups is 1. The zero-order chi connectivity index (χ0) is 16.5. The molecule has 2 aliphatic carbocycles. The second-order valence-corrected chi connectivity index (χ2v) is 7.96. The van der Waals surface area contributed by atoms with E-state index in [2.05, 4.69) is 27.1 Å². The van der Waals surface area contributed by atoms with E-state index in [1.807, 2.05) is 0 Å². The molecule has 1 N–H and O–H groups in total. The summed E-state index contributed by atoms with van der Waals surface area (Å²) in [7, 11) is 0. The average Bonchev–Trinajstić information content (AvgIpc) is 3.26. The van der Waals surface area contributed by atoms with Gasteiger partial charge in [-0.25, -0.2) is 4.98 Å². The van der Waals surface area contributed by atoms with Crippen LogP contribution in [0.25, 0.3) is 0 Å². The third-order valence-electron chi connectivity index (χ3n) is 6.54. The molecule has 0 aromatic carbocycles. The second kappa shape index (κ2) is 6.69. The maximum absolute atomic E-state index is 12.7. The van der Waals surface area contributed by atoms with Gasteiger partial charge < -0.3 is 10.2 Å². The predicted octanol–water partition coefficient (Wildman–Crippen LogP) is 2.63. The van der Waals surface area contributed by atoms with E-state index in [4.69, 9.17) is 0 Å². The van der Waals surface area contributed by atoms with E-state index in [1.54, 1.807) is 18.6 Å². The number of hydrogen-bond acceptors (Lipinski definition) is 4. The molecule has 1 aromatic heterocycles. The molecule has 1 amide bonds. The van der Waals surface area contributed by atoms with E-state index in [1.165, 1.54) is 25.7 Å². The van der Waals surface area contributed by atoms with Gasteiger partial charge in [-0.15, -0.1) is 0 Å². The lowest BCUT2D eigenvalue weighted by atomic mass is 9.83. The van der Waals surface area contributed by atoms with E-state index in [-0.39, 0.29) is 11.8 Å². The smallest absolute Gasteiger partial charge is 0.223 e. The number of hydrogen-bond donors (Lipinski definition) is 1. The summed E-state index contributed by atoms with van der Waals surface area (Å²) in [6.45, 7) is 4.00. The van der Waals surface area contributed by atoms with Gasteiger partial charge in [0.25, 0.3) is 0 Å². The van der Waals surface area contributed by atoms with Crippen LogP contribution < -0.4 is 10.2 Å². The van der Waals surface area contributed by atoms with Crippen molar-refractivity contribution in [2.24, 2.45) is 23.7 Å². The van der Waals surface area contributed by atoms with Crippen LogP contribution in [0, 0.1) is 23.7 Å². The number of amides is 1. The van der Waals surface area contributed by atoms with Crippen LogP contribution in [0.15, 0.2) is 18.6 Å². The molecule has 3 fully saturated rings.